The van der Waals surface area contributed by atoms with E-state index in [9.17, 15) is 9.59 Å². The molecule has 2 N–H and O–H groups in total. The van der Waals surface area contributed by atoms with Crippen LogP contribution in [0, 0.1) is 5.92 Å². The fourth-order valence-corrected chi connectivity index (χ4v) is 1.71. The van der Waals surface area contributed by atoms with E-state index in [2.05, 4.69) is 0 Å². The van der Waals surface area contributed by atoms with Gasteiger partial charge in [-0.05, 0) is 5.92 Å². The van der Waals surface area contributed by atoms with E-state index in [1.807, 2.05) is 13.8 Å². The molecule has 2 amide bonds. The lowest BCUT2D eigenvalue weighted by molar-refractivity contribution is -0.124. The van der Waals surface area contributed by atoms with E-state index in [1.165, 1.54) is 4.90 Å². The van der Waals surface area contributed by atoms with Gasteiger partial charge in [-0.15, -0.1) is 0 Å². The van der Waals surface area contributed by atoms with Crippen LogP contribution in [0.2, 0.25) is 0 Å². The molecule has 0 radical (unpaired) electrons. The lowest BCUT2D eigenvalue weighted by Crippen LogP contribution is -2.42. The van der Waals surface area contributed by atoms with Gasteiger partial charge in [-0.3, -0.25) is 14.5 Å². The third-order valence-electron chi connectivity index (χ3n) is 2.09. The Labute approximate surface area is 81.8 Å². The molecule has 0 bridgehead atoms. The first-order valence-corrected chi connectivity index (χ1v) is 5.23. The molecule has 0 spiro atoms. The molecule has 0 aromatic heterocycles. The van der Waals surface area contributed by atoms with E-state index in [0.717, 1.165) is 11.8 Å². The van der Waals surface area contributed by atoms with E-state index in [1.54, 1.807) is 0 Å². The average molecular weight is 202 g/mol. The van der Waals surface area contributed by atoms with Crippen LogP contribution in [0.25, 0.3) is 0 Å². The fraction of sp³-hybridized carbons (Fsp3) is 0.750. The first-order valence-electron chi connectivity index (χ1n) is 4.25. The number of carbonyl (C=O) groups excluding carboxylic acids is 2. The molecule has 0 unspecified atom stereocenters. The zero-order valence-corrected chi connectivity index (χ0v) is 8.63. The summed E-state index contributed by atoms with van der Waals surface area (Å²) in [5, 5.41) is -0.166. The largest absolute Gasteiger partial charge is 0.326 e. The predicted octanol–water partition coefficient (Wildman–Crippen LogP) is 0.665. The molecule has 1 saturated heterocycles. The van der Waals surface area contributed by atoms with Crippen molar-refractivity contribution >= 4 is 22.9 Å². The van der Waals surface area contributed by atoms with Gasteiger partial charge in [0.05, 0.1) is 5.75 Å². The average Bonchev–Trinajstić information content (AvgIpc) is 2.35. The fourth-order valence-electron chi connectivity index (χ4n) is 0.979. The maximum absolute atomic E-state index is 11.2. The van der Waals surface area contributed by atoms with Crippen LogP contribution < -0.4 is 5.73 Å². The number of imide groups is 1. The highest BCUT2D eigenvalue weighted by molar-refractivity contribution is 8.14. The van der Waals surface area contributed by atoms with Gasteiger partial charge in [0.1, 0.15) is 0 Å². The highest BCUT2D eigenvalue weighted by Crippen LogP contribution is 2.19. The first kappa shape index (κ1) is 10.5. The summed E-state index contributed by atoms with van der Waals surface area (Å²) in [6.45, 7) is 4.30. The van der Waals surface area contributed by atoms with E-state index in [4.69, 9.17) is 5.73 Å². The zero-order chi connectivity index (χ0) is 10.0. The maximum atomic E-state index is 11.2. The second-order valence-electron chi connectivity index (χ2n) is 3.47. The van der Waals surface area contributed by atoms with Crippen LogP contribution in [-0.4, -0.2) is 34.4 Å². The summed E-state index contributed by atoms with van der Waals surface area (Å²) < 4.78 is 0. The van der Waals surface area contributed by atoms with Gasteiger partial charge < -0.3 is 5.73 Å². The second kappa shape index (κ2) is 4.11. The van der Waals surface area contributed by atoms with Gasteiger partial charge in [0, 0.05) is 12.6 Å². The molecule has 0 aromatic rings. The Hall–Kier alpha value is -0.550. The number of nitrogens with two attached hydrogens (primary N) is 1. The van der Waals surface area contributed by atoms with Gasteiger partial charge in [0.2, 0.25) is 5.91 Å². The molecule has 1 rings (SSSR count). The third kappa shape index (κ3) is 2.45. The summed E-state index contributed by atoms with van der Waals surface area (Å²) in [6.07, 6.45) is 0. The van der Waals surface area contributed by atoms with Crippen LogP contribution >= 0.6 is 11.8 Å². The van der Waals surface area contributed by atoms with Crippen LogP contribution in [-0.2, 0) is 4.79 Å². The Morgan fingerprint density at radius 3 is 2.54 bits per heavy atom. The Morgan fingerprint density at radius 1 is 1.54 bits per heavy atom. The molecule has 1 aliphatic rings. The monoisotopic (exact) mass is 202 g/mol. The van der Waals surface area contributed by atoms with Crippen LogP contribution in [0.4, 0.5) is 4.79 Å². The van der Waals surface area contributed by atoms with Crippen molar-refractivity contribution in [1.82, 2.24) is 4.90 Å². The highest BCUT2D eigenvalue weighted by Gasteiger charge is 2.31. The van der Waals surface area contributed by atoms with Crippen LogP contribution in [0.3, 0.4) is 0 Å². The number of thioether (sulfide) groups is 1. The Balaban J connectivity index is 2.52. The number of rotatable bonds is 3. The summed E-state index contributed by atoms with van der Waals surface area (Å²) in [5.74, 6) is 0.432. The van der Waals surface area contributed by atoms with E-state index < -0.39 is 0 Å². The van der Waals surface area contributed by atoms with Crippen LogP contribution in [0.15, 0.2) is 0 Å². The molecule has 4 nitrogen and oxygen atoms in total. The molecule has 1 fully saturated rings. The van der Waals surface area contributed by atoms with E-state index in [-0.39, 0.29) is 28.9 Å². The van der Waals surface area contributed by atoms with Gasteiger partial charge >= 0.3 is 0 Å². The summed E-state index contributed by atoms with van der Waals surface area (Å²) in [7, 11) is 0. The molecular formula is C8H14N2O2S. The Kier molecular flexibility index (Phi) is 3.33. The van der Waals surface area contributed by atoms with Crippen molar-refractivity contribution in [2.45, 2.75) is 19.9 Å². The Bertz CT molecular complexity index is 214. The van der Waals surface area contributed by atoms with Crippen molar-refractivity contribution in [1.29, 1.82) is 0 Å². The maximum Gasteiger partial charge on any atom is 0.288 e. The molecule has 0 aromatic carbocycles. The van der Waals surface area contributed by atoms with Crippen LogP contribution in [0.5, 0.6) is 0 Å². The molecule has 5 heteroatoms. The SMILES string of the molecule is CC(C)[C@H](N)CN1C(=O)CSC1=O. The van der Waals surface area contributed by atoms with Crippen molar-refractivity contribution < 1.29 is 9.59 Å². The molecule has 1 heterocycles. The number of nitrogens with zero attached hydrogens (tertiary/aromatic N) is 1. The molecule has 0 saturated carbocycles. The molecule has 1 aliphatic heterocycles. The minimum absolute atomic E-state index is 0.119. The topological polar surface area (TPSA) is 63.4 Å². The molecule has 74 valence electrons. The molecule has 1 atom stereocenters. The van der Waals surface area contributed by atoms with Gasteiger partial charge in [-0.1, -0.05) is 25.6 Å². The molecule has 13 heavy (non-hydrogen) atoms. The highest BCUT2D eigenvalue weighted by atomic mass is 32.2. The summed E-state index contributed by atoms with van der Waals surface area (Å²) in [5.41, 5.74) is 5.77. The van der Waals surface area contributed by atoms with Crippen molar-refractivity contribution in [3.8, 4) is 0 Å². The van der Waals surface area contributed by atoms with Crippen molar-refractivity contribution in [3.63, 3.8) is 0 Å². The van der Waals surface area contributed by atoms with Gasteiger partial charge in [0.25, 0.3) is 5.24 Å². The normalized spacial score (nSPS) is 20.2. The van der Waals surface area contributed by atoms with Crippen LogP contribution in [0.1, 0.15) is 13.8 Å². The minimum Gasteiger partial charge on any atom is -0.326 e. The minimum atomic E-state index is -0.166. The second-order valence-corrected chi connectivity index (χ2v) is 4.39. The smallest absolute Gasteiger partial charge is 0.288 e. The standard InChI is InChI=1S/C8H14N2O2S/c1-5(2)6(9)3-10-7(11)4-13-8(10)12/h5-6H,3-4,9H2,1-2H3/t6-/m1/s1. The number of carbonyl (C=O) groups is 2. The molecule has 0 aliphatic carbocycles. The van der Waals surface area contributed by atoms with Gasteiger partial charge in [0.15, 0.2) is 0 Å². The predicted molar refractivity (Wildman–Crippen MR) is 52.4 cm³/mol. The van der Waals surface area contributed by atoms with Crippen molar-refractivity contribution in [2.24, 2.45) is 11.7 Å². The number of hydrogen-bond acceptors (Lipinski definition) is 4. The summed E-state index contributed by atoms with van der Waals surface area (Å²) in [4.78, 5) is 23.6. The van der Waals surface area contributed by atoms with E-state index in [0.29, 0.717) is 6.54 Å². The molecular weight excluding hydrogens is 188 g/mol. The lowest BCUT2D eigenvalue weighted by Gasteiger charge is -2.20. The van der Waals surface area contributed by atoms with Gasteiger partial charge in [-0.2, -0.15) is 0 Å². The number of hydrogen-bond donors (Lipinski definition) is 1. The van der Waals surface area contributed by atoms with Gasteiger partial charge in [-0.25, -0.2) is 0 Å². The summed E-state index contributed by atoms with van der Waals surface area (Å²) in [6, 6.07) is -0.119. The number of amides is 2. The Morgan fingerprint density at radius 2 is 2.15 bits per heavy atom. The third-order valence-corrected chi connectivity index (χ3v) is 2.95. The summed E-state index contributed by atoms with van der Waals surface area (Å²) >= 11 is 1.05. The van der Waals surface area contributed by atoms with Crippen molar-refractivity contribution in [2.75, 3.05) is 12.3 Å². The lowest BCUT2D eigenvalue weighted by atomic mass is 10.1. The van der Waals surface area contributed by atoms with E-state index >= 15 is 0 Å². The first-order chi connectivity index (χ1) is 6.02. The van der Waals surface area contributed by atoms with Crippen molar-refractivity contribution in [3.05, 3.63) is 0 Å². The zero-order valence-electron chi connectivity index (χ0n) is 7.82. The quantitative estimate of drug-likeness (QED) is 0.730.